The maximum absolute atomic E-state index is 5.51. The average molecular weight is 207 g/mol. The lowest BCUT2D eigenvalue weighted by Crippen LogP contribution is -2.27. The number of ether oxygens (including phenoxy) is 1. The number of nitrogens with zero attached hydrogens (tertiary/aromatic N) is 1. The van der Waals surface area contributed by atoms with E-state index in [0.29, 0.717) is 5.92 Å². The van der Waals surface area contributed by atoms with Gasteiger partial charge in [-0.1, -0.05) is 0 Å². The molecule has 2 aliphatic rings. The van der Waals surface area contributed by atoms with Crippen LogP contribution in [0.15, 0.2) is 0 Å². The highest BCUT2D eigenvalue weighted by Crippen LogP contribution is 2.29. The van der Waals surface area contributed by atoms with Crippen molar-refractivity contribution in [2.45, 2.75) is 31.8 Å². The summed E-state index contributed by atoms with van der Waals surface area (Å²) >= 11 is 0. The van der Waals surface area contributed by atoms with Crippen LogP contribution in [0.4, 0.5) is 0 Å². The first kappa shape index (κ1) is 9.36. The molecule has 1 aromatic heterocycles. The molecule has 0 unspecified atom stereocenters. The second-order valence-electron chi connectivity index (χ2n) is 4.39. The van der Waals surface area contributed by atoms with Crippen molar-refractivity contribution < 1.29 is 4.74 Å². The van der Waals surface area contributed by atoms with Gasteiger partial charge in [-0.2, -0.15) is 5.10 Å². The number of H-pyrrole nitrogens is 1. The number of fused-ring (bicyclic) bond motifs is 1. The molecular formula is C11H17N3O. The summed E-state index contributed by atoms with van der Waals surface area (Å²) in [7, 11) is 0. The van der Waals surface area contributed by atoms with E-state index in [2.05, 4.69) is 15.5 Å². The van der Waals surface area contributed by atoms with Crippen molar-refractivity contribution in [3.63, 3.8) is 0 Å². The van der Waals surface area contributed by atoms with E-state index in [4.69, 9.17) is 4.74 Å². The van der Waals surface area contributed by atoms with Gasteiger partial charge in [-0.25, -0.2) is 0 Å². The molecule has 0 bridgehead atoms. The molecule has 0 spiro atoms. The van der Waals surface area contributed by atoms with Crippen LogP contribution in [0, 0.1) is 0 Å². The highest BCUT2D eigenvalue weighted by Gasteiger charge is 2.24. The number of hydrogen-bond donors (Lipinski definition) is 2. The second-order valence-corrected chi connectivity index (χ2v) is 4.39. The Kier molecular flexibility index (Phi) is 2.46. The summed E-state index contributed by atoms with van der Waals surface area (Å²) < 4.78 is 5.51. The molecule has 0 amide bonds. The lowest BCUT2D eigenvalue weighted by atomic mass is 9.91. The highest BCUT2D eigenvalue weighted by atomic mass is 16.5. The molecule has 0 atom stereocenters. The van der Waals surface area contributed by atoms with E-state index in [9.17, 15) is 0 Å². The summed E-state index contributed by atoms with van der Waals surface area (Å²) in [5.41, 5.74) is 3.91. The smallest absolute Gasteiger partial charge is 0.0753 e. The molecule has 15 heavy (non-hydrogen) atoms. The lowest BCUT2D eigenvalue weighted by molar-refractivity contribution is 0.109. The minimum absolute atomic E-state index is 0.632. The molecule has 0 aromatic carbocycles. The third-order valence-corrected chi connectivity index (χ3v) is 3.45. The van der Waals surface area contributed by atoms with Gasteiger partial charge >= 0.3 is 0 Å². The first-order valence-corrected chi connectivity index (χ1v) is 5.79. The molecule has 1 saturated heterocycles. The van der Waals surface area contributed by atoms with Crippen molar-refractivity contribution in [1.29, 1.82) is 0 Å². The van der Waals surface area contributed by atoms with Crippen molar-refractivity contribution in [3.05, 3.63) is 17.0 Å². The average Bonchev–Trinajstić information content (AvgIpc) is 2.74. The second kappa shape index (κ2) is 3.94. The Morgan fingerprint density at radius 3 is 3.00 bits per heavy atom. The van der Waals surface area contributed by atoms with Crippen LogP contribution in [0.3, 0.4) is 0 Å². The maximum Gasteiger partial charge on any atom is 0.0753 e. The number of nitrogens with one attached hydrogen (secondary N) is 2. The van der Waals surface area contributed by atoms with Crippen LogP contribution >= 0.6 is 0 Å². The highest BCUT2D eigenvalue weighted by molar-refractivity contribution is 5.29. The predicted octanol–water partition coefficient (Wildman–Crippen LogP) is 0.949. The molecule has 0 radical (unpaired) electrons. The lowest BCUT2D eigenvalue weighted by Gasteiger charge is -2.23. The normalized spacial score (nSPS) is 22.7. The van der Waals surface area contributed by atoms with Gasteiger partial charge in [-0.3, -0.25) is 5.10 Å². The topological polar surface area (TPSA) is 49.9 Å². The number of aromatic amines is 1. The fourth-order valence-electron chi connectivity index (χ4n) is 2.57. The third-order valence-electron chi connectivity index (χ3n) is 3.45. The van der Waals surface area contributed by atoms with E-state index in [1.807, 2.05) is 0 Å². The first-order chi connectivity index (χ1) is 7.45. The van der Waals surface area contributed by atoms with Crippen LogP contribution in [0.25, 0.3) is 0 Å². The van der Waals surface area contributed by atoms with Gasteiger partial charge in [0.2, 0.25) is 0 Å². The largest absolute Gasteiger partial charge is 0.376 e. The molecule has 3 rings (SSSR count). The number of rotatable bonds is 1. The first-order valence-electron chi connectivity index (χ1n) is 5.79. The molecule has 4 nitrogen and oxygen atoms in total. The molecule has 0 aliphatic carbocycles. The van der Waals surface area contributed by atoms with Gasteiger partial charge in [0, 0.05) is 23.6 Å². The zero-order chi connectivity index (χ0) is 10.1. The van der Waals surface area contributed by atoms with Crippen molar-refractivity contribution in [2.24, 2.45) is 0 Å². The van der Waals surface area contributed by atoms with Gasteiger partial charge in [-0.05, 0) is 25.9 Å². The van der Waals surface area contributed by atoms with Crippen LogP contribution in [0.2, 0.25) is 0 Å². The van der Waals surface area contributed by atoms with Crippen LogP contribution in [0.5, 0.6) is 0 Å². The number of hydrogen-bond acceptors (Lipinski definition) is 3. The fraction of sp³-hybridized carbons (Fsp3) is 0.727. The Balaban J connectivity index is 1.87. The van der Waals surface area contributed by atoms with Crippen molar-refractivity contribution in [2.75, 3.05) is 19.7 Å². The van der Waals surface area contributed by atoms with Crippen molar-refractivity contribution in [3.8, 4) is 0 Å². The van der Waals surface area contributed by atoms with Gasteiger partial charge < -0.3 is 10.1 Å². The Hall–Kier alpha value is -0.870. The number of piperidine rings is 1. The number of aromatic nitrogens is 2. The summed E-state index contributed by atoms with van der Waals surface area (Å²) in [6, 6.07) is 0. The molecular weight excluding hydrogens is 190 g/mol. The van der Waals surface area contributed by atoms with Gasteiger partial charge in [0.1, 0.15) is 0 Å². The van der Waals surface area contributed by atoms with E-state index in [1.54, 1.807) is 0 Å². The van der Waals surface area contributed by atoms with Crippen LogP contribution in [-0.2, 0) is 17.8 Å². The Morgan fingerprint density at radius 1 is 1.27 bits per heavy atom. The summed E-state index contributed by atoms with van der Waals surface area (Å²) in [6.07, 6.45) is 3.40. The molecule has 2 N–H and O–H groups in total. The summed E-state index contributed by atoms with van der Waals surface area (Å²) in [5, 5.41) is 11.0. The minimum Gasteiger partial charge on any atom is -0.376 e. The van der Waals surface area contributed by atoms with E-state index in [-0.39, 0.29) is 0 Å². The van der Waals surface area contributed by atoms with Crippen LogP contribution in [0.1, 0.15) is 35.7 Å². The van der Waals surface area contributed by atoms with Crippen molar-refractivity contribution >= 4 is 0 Å². The summed E-state index contributed by atoms with van der Waals surface area (Å²) in [4.78, 5) is 0. The molecule has 4 heteroatoms. The van der Waals surface area contributed by atoms with Gasteiger partial charge in [0.15, 0.2) is 0 Å². The molecule has 1 aromatic rings. The van der Waals surface area contributed by atoms with Crippen LogP contribution < -0.4 is 5.32 Å². The van der Waals surface area contributed by atoms with Gasteiger partial charge in [0.25, 0.3) is 0 Å². The summed E-state index contributed by atoms with van der Waals surface area (Å²) in [6.45, 7) is 3.83. The molecule has 82 valence electrons. The standard InChI is InChI=1S/C11H17N3O/c1-4-12-5-2-8(1)11-9-7-15-6-3-10(9)13-14-11/h8,12H,1-7H2,(H,13,14). The van der Waals surface area contributed by atoms with Gasteiger partial charge in [-0.15, -0.1) is 0 Å². The monoisotopic (exact) mass is 207 g/mol. The molecule has 2 aliphatic heterocycles. The third kappa shape index (κ3) is 1.68. The minimum atomic E-state index is 0.632. The zero-order valence-electron chi connectivity index (χ0n) is 8.88. The Morgan fingerprint density at radius 2 is 2.13 bits per heavy atom. The molecule has 3 heterocycles. The van der Waals surface area contributed by atoms with Crippen LogP contribution in [-0.4, -0.2) is 29.9 Å². The zero-order valence-corrected chi connectivity index (χ0v) is 8.88. The quantitative estimate of drug-likeness (QED) is 0.721. The SMILES string of the molecule is C1CC(c2n[nH]c3c2COCC3)CCN1. The molecule has 0 saturated carbocycles. The molecule has 1 fully saturated rings. The summed E-state index contributed by atoms with van der Waals surface area (Å²) in [5.74, 6) is 0.632. The van der Waals surface area contributed by atoms with E-state index >= 15 is 0 Å². The van der Waals surface area contributed by atoms with E-state index in [0.717, 1.165) is 32.7 Å². The Labute approximate surface area is 89.4 Å². The predicted molar refractivity (Wildman–Crippen MR) is 56.8 cm³/mol. The van der Waals surface area contributed by atoms with E-state index in [1.165, 1.54) is 29.8 Å². The Bertz CT molecular complexity index is 342. The van der Waals surface area contributed by atoms with Crippen molar-refractivity contribution in [1.82, 2.24) is 15.5 Å². The maximum atomic E-state index is 5.51. The van der Waals surface area contributed by atoms with E-state index < -0.39 is 0 Å². The van der Waals surface area contributed by atoms with Gasteiger partial charge in [0.05, 0.1) is 18.9 Å². The fourth-order valence-corrected chi connectivity index (χ4v) is 2.57.